The summed E-state index contributed by atoms with van der Waals surface area (Å²) in [5, 5.41) is 20.7. The Balaban J connectivity index is 1.41. The van der Waals surface area contributed by atoms with Crippen LogP contribution in [0.2, 0.25) is 0 Å². The zero-order valence-electron chi connectivity index (χ0n) is 16.4. The number of nitrogens with one attached hydrogen (secondary N) is 2. The molecular weight excluding hydrogens is 360 g/mol. The number of nitrogens with zero attached hydrogens (tertiary/aromatic N) is 2. The van der Waals surface area contributed by atoms with E-state index in [0.29, 0.717) is 31.4 Å². The molecule has 0 aromatic carbocycles. The van der Waals surface area contributed by atoms with Crippen molar-refractivity contribution in [3.63, 3.8) is 0 Å². The van der Waals surface area contributed by atoms with Crippen molar-refractivity contribution < 1.29 is 19.1 Å². The molecule has 2 aliphatic heterocycles. The number of aryl methyl sites for hydroxylation is 1. The number of hydrogen-bond acceptors (Lipinski definition) is 6. The van der Waals surface area contributed by atoms with Crippen LogP contribution >= 0.6 is 0 Å². The molecule has 28 heavy (non-hydrogen) atoms. The second-order valence-corrected chi connectivity index (χ2v) is 8.21. The van der Waals surface area contributed by atoms with Gasteiger partial charge in [-0.05, 0) is 45.2 Å². The predicted octanol–water partition coefficient (Wildman–Crippen LogP) is 1.62. The Labute approximate surface area is 164 Å². The summed E-state index contributed by atoms with van der Waals surface area (Å²) >= 11 is 0. The highest BCUT2D eigenvalue weighted by Gasteiger charge is 2.53. The molecule has 0 saturated carbocycles. The quantitative estimate of drug-likeness (QED) is 0.735. The van der Waals surface area contributed by atoms with Crippen molar-refractivity contribution >= 4 is 5.91 Å². The van der Waals surface area contributed by atoms with E-state index in [9.17, 15) is 9.90 Å². The van der Waals surface area contributed by atoms with Gasteiger partial charge in [0.05, 0.1) is 29.4 Å². The summed E-state index contributed by atoms with van der Waals surface area (Å²) in [4.78, 5) is 14.8. The van der Waals surface area contributed by atoms with E-state index >= 15 is 0 Å². The van der Waals surface area contributed by atoms with Crippen molar-refractivity contribution in [2.75, 3.05) is 19.7 Å². The fourth-order valence-corrected chi connectivity index (χ4v) is 4.40. The van der Waals surface area contributed by atoms with Gasteiger partial charge in [-0.2, -0.15) is 5.10 Å². The minimum atomic E-state index is -0.780. The molecule has 152 valence electrons. The number of furan rings is 1. The van der Waals surface area contributed by atoms with E-state index < -0.39 is 17.2 Å². The van der Waals surface area contributed by atoms with Gasteiger partial charge < -0.3 is 19.6 Å². The first-order valence-corrected chi connectivity index (χ1v) is 9.81. The molecule has 2 fully saturated rings. The van der Waals surface area contributed by atoms with Crippen molar-refractivity contribution in [1.29, 1.82) is 0 Å². The zero-order chi connectivity index (χ0) is 19.8. The number of aromatic amines is 1. The number of rotatable bonds is 4. The maximum absolute atomic E-state index is 12.5. The minimum Gasteiger partial charge on any atom is -0.465 e. The Bertz CT molecular complexity index is 810. The number of hydrogen-bond donors (Lipinski definition) is 3. The standard InChI is InChI=1S/C20H28N4O4/c1-14-3-4-16(28-14)13-24-8-5-20(6-9-24)18(26)19(2,7-10-27-20)23-17(25)15-11-21-22-12-15/h3-4,11-12,18,26H,5-10,13H2,1-2H3,(H,21,22)(H,23,25)/t18-,19+/m0/s1. The van der Waals surface area contributed by atoms with Gasteiger partial charge >= 0.3 is 0 Å². The highest BCUT2D eigenvalue weighted by Crippen LogP contribution is 2.40. The van der Waals surface area contributed by atoms with Gasteiger partial charge in [0.1, 0.15) is 17.6 Å². The third kappa shape index (κ3) is 3.59. The molecule has 2 saturated heterocycles. The van der Waals surface area contributed by atoms with Gasteiger partial charge in [-0.1, -0.05) is 0 Å². The van der Waals surface area contributed by atoms with E-state index in [0.717, 1.165) is 31.2 Å². The number of piperidine rings is 1. The lowest BCUT2D eigenvalue weighted by molar-refractivity contribution is -0.206. The topological polar surface area (TPSA) is 104 Å². The monoisotopic (exact) mass is 388 g/mol. The maximum Gasteiger partial charge on any atom is 0.254 e. The van der Waals surface area contributed by atoms with Crippen LogP contribution in [0.4, 0.5) is 0 Å². The molecule has 2 atom stereocenters. The SMILES string of the molecule is Cc1ccc(CN2CCC3(CC2)OCC[C@@](C)(NC(=O)c2cn[nH]c2)[C@@H]3O)o1. The summed E-state index contributed by atoms with van der Waals surface area (Å²) < 4.78 is 11.8. The van der Waals surface area contributed by atoms with E-state index in [4.69, 9.17) is 9.15 Å². The molecule has 0 radical (unpaired) electrons. The van der Waals surface area contributed by atoms with Crippen molar-refractivity contribution in [2.45, 2.75) is 56.9 Å². The number of aliphatic hydroxyl groups excluding tert-OH is 1. The minimum absolute atomic E-state index is 0.238. The van der Waals surface area contributed by atoms with Crippen LogP contribution < -0.4 is 5.32 Å². The average Bonchev–Trinajstić information content (AvgIpc) is 3.34. The first-order valence-electron chi connectivity index (χ1n) is 9.81. The highest BCUT2D eigenvalue weighted by molar-refractivity contribution is 5.94. The Kier molecular flexibility index (Phi) is 5.03. The van der Waals surface area contributed by atoms with Gasteiger partial charge in [-0.15, -0.1) is 0 Å². The fourth-order valence-electron chi connectivity index (χ4n) is 4.40. The maximum atomic E-state index is 12.5. The molecule has 2 aromatic rings. The van der Waals surface area contributed by atoms with Crippen LogP contribution in [0.5, 0.6) is 0 Å². The van der Waals surface area contributed by atoms with E-state index in [1.807, 2.05) is 26.0 Å². The van der Waals surface area contributed by atoms with Crippen LogP contribution in [0.15, 0.2) is 28.9 Å². The molecule has 0 unspecified atom stereocenters. The first kappa shape index (κ1) is 19.2. The molecule has 8 heteroatoms. The summed E-state index contributed by atoms with van der Waals surface area (Å²) in [6.07, 6.45) is 4.24. The first-order chi connectivity index (χ1) is 13.4. The number of aromatic nitrogens is 2. The summed E-state index contributed by atoms with van der Waals surface area (Å²) in [6, 6.07) is 3.98. The molecule has 0 aliphatic carbocycles. The van der Waals surface area contributed by atoms with E-state index in [1.165, 1.54) is 6.20 Å². The molecular formula is C20H28N4O4. The fraction of sp³-hybridized carbons (Fsp3) is 0.600. The number of likely N-dealkylation sites (tertiary alicyclic amines) is 1. The highest BCUT2D eigenvalue weighted by atomic mass is 16.5. The molecule has 4 heterocycles. The number of ether oxygens (including phenoxy) is 1. The van der Waals surface area contributed by atoms with E-state index in [1.54, 1.807) is 6.20 Å². The molecule has 0 bridgehead atoms. The molecule has 2 aromatic heterocycles. The number of carbonyl (C=O) groups excluding carboxylic acids is 1. The van der Waals surface area contributed by atoms with Crippen LogP contribution in [0.1, 0.15) is 48.1 Å². The molecule has 1 amide bonds. The molecule has 4 rings (SSSR count). The zero-order valence-corrected chi connectivity index (χ0v) is 16.4. The number of aliphatic hydroxyl groups is 1. The smallest absolute Gasteiger partial charge is 0.254 e. The van der Waals surface area contributed by atoms with Crippen molar-refractivity contribution in [3.8, 4) is 0 Å². The summed E-state index contributed by atoms with van der Waals surface area (Å²) in [5.74, 6) is 1.63. The second kappa shape index (κ2) is 7.35. The number of carbonyl (C=O) groups is 1. The Morgan fingerprint density at radius 2 is 2.18 bits per heavy atom. The average molecular weight is 388 g/mol. The lowest BCUT2D eigenvalue weighted by Crippen LogP contribution is -2.69. The van der Waals surface area contributed by atoms with E-state index in [2.05, 4.69) is 20.4 Å². The number of amides is 1. The third-order valence-corrected chi connectivity index (χ3v) is 6.15. The molecule has 8 nitrogen and oxygen atoms in total. The van der Waals surface area contributed by atoms with Gasteiger partial charge in [0.2, 0.25) is 0 Å². The van der Waals surface area contributed by atoms with Gasteiger partial charge in [0.15, 0.2) is 0 Å². The van der Waals surface area contributed by atoms with Gasteiger partial charge in [-0.25, -0.2) is 0 Å². The van der Waals surface area contributed by atoms with Crippen molar-refractivity contribution in [1.82, 2.24) is 20.4 Å². The largest absolute Gasteiger partial charge is 0.465 e. The number of H-pyrrole nitrogens is 1. The molecule has 3 N–H and O–H groups in total. The summed E-state index contributed by atoms with van der Waals surface area (Å²) in [7, 11) is 0. The normalized spacial score (nSPS) is 27.8. The molecule has 2 aliphatic rings. The lowest BCUT2D eigenvalue weighted by atomic mass is 9.73. The summed E-state index contributed by atoms with van der Waals surface area (Å²) in [6.45, 7) is 6.73. The van der Waals surface area contributed by atoms with E-state index in [-0.39, 0.29) is 5.91 Å². The van der Waals surface area contributed by atoms with Crippen LogP contribution in [-0.2, 0) is 11.3 Å². The second-order valence-electron chi connectivity index (χ2n) is 8.21. The van der Waals surface area contributed by atoms with Crippen LogP contribution in [0.25, 0.3) is 0 Å². The van der Waals surface area contributed by atoms with Crippen molar-refractivity contribution in [3.05, 3.63) is 41.6 Å². The predicted molar refractivity (Wildman–Crippen MR) is 102 cm³/mol. The Morgan fingerprint density at radius 1 is 1.39 bits per heavy atom. The third-order valence-electron chi connectivity index (χ3n) is 6.15. The Morgan fingerprint density at radius 3 is 2.82 bits per heavy atom. The van der Waals surface area contributed by atoms with Gasteiger partial charge in [-0.3, -0.25) is 14.8 Å². The summed E-state index contributed by atoms with van der Waals surface area (Å²) in [5.41, 5.74) is -0.920. The molecule has 1 spiro atoms. The van der Waals surface area contributed by atoms with Crippen LogP contribution in [-0.4, -0.2) is 63.1 Å². The lowest BCUT2D eigenvalue weighted by Gasteiger charge is -2.53. The van der Waals surface area contributed by atoms with Gasteiger partial charge in [0.25, 0.3) is 5.91 Å². The van der Waals surface area contributed by atoms with Gasteiger partial charge in [0, 0.05) is 25.9 Å². The van der Waals surface area contributed by atoms with Crippen LogP contribution in [0, 0.1) is 6.92 Å². The van der Waals surface area contributed by atoms with Crippen LogP contribution in [0.3, 0.4) is 0 Å². The van der Waals surface area contributed by atoms with Crippen molar-refractivity contribution in [2.24, 2.45) is 0 Å². The Hall–Kier alpha value is -2.16.